The number of hydrogen-bond acceptors (Lipinski definition) is 6. The molecule has 0 fully saturated rings. The monoisotopic (exact) mass is 457 g/mol. The second-order valence-corrected chi connectivity index (χ2v) is 8.61. The molecule has 1 N–H and O–H groups in total. The van der Waals surface area contributed by atoms with Gasteiger partial charge in [-0.25, -0.2) is 9.78 Å². The smallest absolute Gasteiger partial charge is 0.412 e. The molecule has 2 heterocycles. The number of carbonyl (C=O) groups excluding carboxylic acids is 1. The van der Waals surface area contributed by atoms with Crippen molar-refractivity contribution in [1.29, 1.82) is 0 Å². The second kappa shape index (κ2) is 9.19. The maximum Gasteiger partial charge on any atom is 0.412 e. The summed E-state index contributed by atoms with van der Waals surface area (Å²) in [6.07, 6.45) is 1.05. The number of furan rings is 1. The summed E-state index contributed by atoms with van der Waals surface area (Å²) in [7, 11) is 0. The Kier molecular flexibility index (Phi) is 6.14. The van der Waals surface area contributed by atoms with Gasteiger partial charge in [-0.3, -0.25) is 15.4 Å². The molecule has 0 saturated carbocycles. The van der Waals surface area contributed by atoms with Crippen molar-refractivity contribution in [2.24, 2.45) is 0 Å². The van der Waals surface area contributed by atoms with Gasteiger partial charge in [-0.05, 0) is 80.4 Å². The number of pyridine rings is 1. The highest BCUT2D eigenvalue weighted by Crippen LogP contribution is 2.31. The van der Waals surface area contributed by atoms with E-state index in [2.05, 4.69) is 5.32 Å². The summed E-state index contributed by atoms with van der Waals surface area (Å²) >= 11 is 0. The molecule has 0 saturated heterocycles. The van der Waals surface area contributed by atoms with E-state index in [0.717, 1.165) is 16.7 Å². The highest BCUT2D eigenvalue weighted by Gasteiger charge is 2.16. The van der Waals surface area contributed by atoms with Gasteiger partial charge < -0.3 is 9.15 Å². The Hall–Kier alpha value is -4.46. The molecule has 0 spiro atoms. The third-order valence-electron chi connectivity index (χ3n) is 4.84. The number of benzene rings is 2. The average Bonchev–Trinajstić information content (AvgIpc) is 3.33. The number of anilines is 1. The molecule has 4 aromatic rings. The van der Waals surface area contributed by atoms with Crippen molar-refractivity contribution < 1.29 is 18.9 Å². The van der Waals surface area contributed by atoms with Crippen molar-refractivity contribution in [2.75, 3.05) is 5.32 Å². The zero-order chi connectivity index (χ0) is 24.3. The van der Waals surface area contributed by atoms with Crippen LogP contribution in [0.15, 0.2) is 83.5 Å². The Morgan fingerprint density at radius 2 is 1.59 bits per heavy atom. The van der Waals surface area contributed by atoms with Crippen LogP contribution in [0.2, 0.25) is 0 Å². The van der Waals surface area contributed by atoms with E-state index in [1.165, 1.54) is 12.1 Å². The van der Waals surface area contributed by atoms with E-state index < -0.39 is 16.6 Å². The quantitative estimate of drug-likeness (QED) is 0.257. The fraction of sp³-hybridized carbons (Fsp3) is 0.154. The zero-order valence-electron chi connectivity index (χ0n) is 18.9. The van der Waals surface area contributed by atoms with Crippen molar-refractivity contribution in [2.45, 2.75) is 26.4 Å². The Morgan fingerprint density at radius 3 is 2.18 bits per heavy atom. The van der Waals surface area contributed by atoms with Crippen LogP contribution in [0, 0.1) is 10.1 Å². The molecule has 172 valence electrons. The third-order valence-corrected chi connectivity index (χ3v) is 4.84. The molecular weight excluding hydrogens is 434 g/mol. The van der Waals surface area contributed by atoms with E-state index >= 15 is 0 Å². The van der Waals surface area contributed by atoms with Crippen LogP contribution in [0.1, 0.15) is 20.8 Å². The molecule has 0 bridgehead atoms. The second-order valence-electron chi connectivity index (χ2n) is 8.61. The number of nitrogens with zero attached hydrogens (tertiary/aromatic N) is 2. The van der Waals surface area contributed by atoms with Gasteiger partial charge in [0.05, 0.1) is 16.9 Å². The first-order valence-electron chi connectivity index (χ1n) is 10.6. The fourth-order valence-corrected chi connectivity index (χ4v) is 3.32. The van der Waals surface area contributed by atoms with Gasteiger partial charge in [0, 0.05) is 23.4 Å². The van der Waals surface area contributed by atoms with Crippen molar-refractivity contribution in [1.82, 2.24) is 4.98 Å². The van der Waals surface area contributed by atoms with Crippen LogP contribution in [0.3, 0.4) is 0 Å². The Labute approximate surface area is 196 Å². The lowest BCUT2D eigenvalue weighted by Gasteiger charge is -2.19. The molecule has 0 radical (unpaired) electrons. The highest BCUT2D eigenvalue weighted by molar-refractivity contribution is 5.85. The first-order valence-corrected chi connectivity index (χ1v) is 10.6. The van der Waals surface area contributed by atoms with Crippen LogP contribution in [-0.4, -0.2) is 21.6 Å². The topological polar surface area (TPSA) is 108 Å². The molecule has 0 aliphatic heterocycles. The number of aromatic nitrogens is 1. The number of carbonyl (C=O) groups is 1. The number of non-ortho nitro benzene ring substituents is 1. The van der Waals surface area contributed by atoms with Crippen molar-refractivity contribution in [3.8, 4) is 33.8 Å². The van der Waals surface area contributed by atoms with Gasteiger partial charge in [0.2, 0.25) is 0 Å². The third kappa shape index (κ3) is 5.47. The first-order chi connectivity index (χ1) is 16.2. The molecule has 4 rings (SSSR count). The number of nitro benzene ring substituents is 1. The van der Waals surface area contributed by atoms with Crippen LogP contribution >= 0.6 is 0 Å². The molecule has 2 aromatic heterocycles. The van der Waals surface area contributed by atoms with Crippen LogP contribution in [0.4, 0.5) is 16.2 Å². The van der Waals surface area contributed by atoms with E-state index in [9.17, 15) is 14.9 Å². The normalized spacial score (nSPS) is 11.1. The SMILES string of the molecule is CC(C)(C)OC(=O)Nc1ccc(-c2cc(-c3ccc([N+](=O)[O-])cc3)nc(-c3ccco3)c2)cc1. The summed E-state index contributed by atoms with van der Waals surface area (Å²) < 4.78 is 10.8. The molecule has 0 atom stereocenters. The molecule has 2 aromatic carbocycles. The molecule has 0 unspecified atom stereocenters. The number of nitro groups is 1. The van der Waals surface area contributed by atoms with Gasteiger partial charge in [0.15, 0.2) is 5.76 Å². The number of hydrogen-bond donors (Lipinski definition) is 1. The predicted molar refractivity (Wildman–Crippen MR) is 129 cm³/mol. The van der Waals surface area contributed by atoms with Crippen LogP contribution in [-0.2, 0) is 4.74 Å². The summed E-state index contributed by atoms with van der Waals surface area (Å²) in [6, 6.07) is 21.0. The van der Waals surface area contributed by atoms with Gasteiger partial charge in [-0.15, -0.1) is 0 Å². The van der Waals surface area contributed by atoms with E-state index in [-0.39, 0.29) is 5.69 Å². The highest BCUT2D eigenvalue weighted by atomic mass is 16.6. The van der Waals surface area contributed by atoms with E-state index in [4.69, 9.17) is 14.1 Å². The standard InChI is InChI=1S/C26H23N3O5/c1-26(2,3)34-25(30)27-20-10-6-17(7-11-20)19-15-22(18-8-12-21(13-9-18)29(31)32)28-23(16-19)24-5-4-14-33-24/h4-16H,1-3H3,(H,27,30). The summed E-state index contributed by atoms with van der Waals surface area (Å²) in [6.45, 7) is 5.41. The van der Waals surface area contributed by atoms with E-state index in [1.54, 1.807) is 57.4 Å². The number of rotatable bonds is 5. The van der Waals surface area contributed by atoms with E-state index in [1.807, 2.05) is 30.3 Å². The van der Waals surface area contributed by atoms with E-state index in [0.29, 0.717) is 22.8 Å². The fourth-order valence-electron chi connectivity index (χ4n) is 3.32. The Balaban J connectivity index is 1.67. The van der Waals surface area contributed by atoms with Gasteiger partial charge in [0.1, 0.15) is 11.3 Å². The summed E-state index contributed by atoms with van der Waals surface area (Å²) in [5, 5.41) is 13.7. The van der Waals surface area contributed by atoms with Crippen molar-refractivity contribution in [3.05, 3.63) is 89.2 Å². The lowest BCUT2D eigenvalue weighted by Crippen LogP contribution is -2.27. The lowest BCUT2D eigenvalue weighted by molar-refractivity contribution is -0.384. The summed E-state index contributed by atoms with van der Waals surface area (Å²) in [4.78, 5) is 27.3. The largest absolute Gasteiger partial charge is 0.463 e. The van der Waals surface area contributed by atoms with Gasteiger partial charge >= 0.3 is 6.09 Å². The van der Waals surface area contributed by atoms with Crippen molar-refractivity contribution >= 4 is 17.5 Å². The maximum absolute atomic E-state index is 12.0. The maximum atomic E-state index is 12.0. The summed E-state index contributed by atoms with van der Waals surface area (Å²) in [5.41, 5.74) is 3.82. The zero-order valence-corrected chi connectivity index (χ0v) is 18.9. The first kappa shape index (κ1) is 22.7. The minimum atomic E-state index is -0.586. The van der Waals surface area contributed by atoms with Crippen LogP contribution in [0.25, 0.3) is 33.8 Å². The molecule has 1 amide bonds. The van der Waals surface area contributed by atoms with Crippen LogP contribution < -0.4 is 5.32 Å². The Morgan fingerprint density at radius 1 is 0.941 bits per heavy atom. The minimum absolute atomic E-state index is 0.0132. The van der Waals surface area contributed by atoms with Gasteiger partial charge in [-0.2, -0.15) is 0 Å². The Bertz CT molecular complexity index is 1310. The van der Waals surface area contributed by atoms with Crippen molar-refractivity contribution in [3.63, 3.8) is 0 Å². The van der Waals surface area contributed by atoms with Gasteiger partial charge in [0.25, 0.3) is 5.69 Å². The summed E-state index contributed by atoms with van der Waals surface area (Å²) in [5.74, 6) is 0.605. The predicted octanol–water partition coefficient (Wildman–Crippen LogP) is 6.93. The molecular formula is C26H23N3O5. The van der Waals surface area contributed by atoms with Gasteiger partial charge in [-0.1, -0.05) is 12.1 Å². The molecule has 8 nitrogen and oxygen atoms in total. The minimum Gasteiger partial charge on any atom is -0.463 e. The molecule has 0 aliphatic rings. The molecule has 34 heavy (non-hydrogen) atoms. The molecule has 0 aliphatic carbocycles. The number of amides is 1. The lowest BCUT2D eigenvalue weighted by atomic mass is 10.0. The average molecular weight is 457 g/mol. The molecule has 8 heteroatoms. The number of nitrogens with one attached hydrogen (secondary N) is 1. The van der Waals surface area contributed by atoms with Crippen LogP contribution in [0.5, 0.6) is 0 Å². The number of ether oxygens (including phenoxy) is 1.